The first-order valence-corrected chi connectivity index (χ1v) is 9.22. The molecule has 4 nitrogen and oxygen atoms in total. The van der Waals surface area contributed by atoms with Gasteiger partial charge in [-0.3, -0.25) is 4.31 Å². The molecule has 0 aromatic heterocycles. The minimum absolute atomic E-state index is 0.0791. The number of nitrogens with zero attached hydrogens (tertiary/aromatic N) is 1. The van der Waals surface area contributed by atoms with Gasteiger partial charge in [0.15, 0.2) is 0 Å². The molecular formula is C18H21NO3S. The topological polar surface area (TPSA) is 46.6 Å². The van der Waals surface area contributed by atoms with Gasteiger partial charge >= 0.3 is 0 Å². The first-order chi connectivity index (χ1) is 11.0. The number of rotatable bonds is 4. The summed E-state index contributed by atoms with van der Waals surface area (Å²) in [6.07, 6.45) is 1.46. The predicted molar refractivity (Wildman–Crippen MR) is 91.6 cm³/mol. The van der Waals surface area contributed by atoms with E-state index in [2.05, 4.69) is 0 Å². The summed E-state index contributed by atoms with van der Waals surface area (Å²) in [6.45, 7) is 3.93. The number of fused-ring (bicyclic) bond motifs is 1. The van der Waals surface area contributed by atoms with Crippen molar-refractivity contribution in [3.05, 3.63) is 53.6 Å². The minimum atomic E-state index is -3.58. The van der Waals surface area contributed by atoms with E-state index in [1.54, 1.807) is 29.6 Å². The SMILES string of the molecule is CCc1cc(S(=O)(=O)N2c3ccccc3C[C@H]2C)ccc1OC. The molecule has 0 fully saturated rings. The van der Waals surface area contributed by atoms with Crippen molar-refractivity contribution in [2.45, 2.75) is 37.6 Å². The Balaban J connectivity index is 2.09. The van der Waals surface area contributed by atoms with E-state index in [-0.39, 0.29) is 6.04 Å². The Hall–Kier alpha value is -2.01. The number of sulfonamides is 1. The lowest BCUT2D eigenvalue weighted by Crippen LogP contribution is -2.35. The molecule has 0 N–H and O–H groups in total. The van der Waals surface area contributed by atoms with Crippen LogP contribution in [0.3, 0.4) is 0 Å². The quantitative estimate of drug-likeness (QED) is 0.863. The highest BCUT2D eigenvalue weighted by Crippen LogP contribution is 2.37. The number of hydrogen-bond acceptors (Lipinski definition) is 3. The largest absolute Gasteiger partial charge is 0.496 e. The van der Waals surface area contributed by atoms with Gasteiger partial charge in [0.25, 0.3) is 10.0 Å². The van der Waals surface area contributed by atoms with Crippen LogP contribution in [0.1, 0.15) is 25.0 Å². The zero-order valence-electron chi connectivity index (χ0n) is 13.6. The molecule has 0 saturated carbocycles. The van der Waals surface area contributed by atoms with Gasteiger partial charge in [-0.2, -0.15) is 0 Å². The number of methoxy groups -OCH3 is 1. The van der Waals surface area contributed by atoms with Crippen molar-refractivity contribution in [1.82, 2.24) is 0 Å². The van der Waals surface area contributed by atoms with Crippen LogP contribution in [0.2, 0.25) is 0 Å². The molecule has 0 saturated heterocycles. The first kappa shape index (κ1) is 15.9. The summed E-state index contributed by atoms with van der Waals surface area (Å²) in [6, 6.07) is 12.7. The van der Waals surface area contributed by atoms with Gasteiger partial charge in [0.1, 0.15) is 5.75 Å². The maximum Gasteiger partial charge on any atom is 0.264 e. The molecule has 5 heteroatoms. The monoisotopic (exact) mass is 331 g/mol. The van der Waals surface area contributed by atoms with Gasteiger partial charge in [-0.15, -0.1) is 0 Å². The van der Waals surface area contributed by atoms with E-state index in [0.29, 0.717) is 4.90 Å². The van der Waals surface area contributed by atoms with Crippen LogP contribution in [0.5, 0.6) is 5.75 Å². The Morgan fingerprint density at radius 1 is 1.22 bits per heavy atom. The summed E-state index contributed by atoms with van der Waals surface area (Å²) in [4.78, 5) is 0.318. The molecule has 2 aromatic rings. The van der Waals surface area contributed by atoms with Gasteiger partial charge in [0, 0.05) is 6.04 Å². The molecule has 0 spiro atoms. The first-order valence-electron chi connectivity index (χ1n) is 7.78. The number of para-hydroxylation sites is 1. The number of ether oxygens (including phenoxy) is 1. The van der Waals surface area contributed by atoms with E-state index in [4.69, 9.17) is 4.74 Å². The molecule has 0 bridgehead atoms. The lowest BCUT2D eigenvalue weighted by molar-refractivity contribution is 0.409. The lowest BCUT2D eigenvalue weighted by Gasteiger charge is -2.25. The fourth-order valence-corrected chi connectivity index (χ4v) is 4.95. The number of benzene rings is 2. The highest BCUT2D eigenvalue weighted by molar-refractivity contribution is 7.92. The summed E-state index contributed by atoms with van der Waals surface area (Å²) in [5, 5.41) is 0. The van der Waals surface area contributed by atoms with Crippen molar-refractivity contribution in [3.8, 4) is 5.75 Å². The average molecular weight is 331 g/mol. The van der Waals surface area contributed by atoms with E-state index in [1.165, 1.54) is 0 Å². The molecule has 2 aromatic carbocycles. The van der Waals surface area contributed by atoms with Crippen molar-refractivity contribution in [2.24, 2.45) is 0 Å². The highest BCUT2D eigenvalue weighted by atomic mass is 32.2. The van der Waals surface area contributed by atoms with Crippen molar-refractivity contribution in [2.75, 3.05) is 11.4 Å². The molecule has 3 rings (SSSR count). The number of aryl methyl sites for hydroxylation is 1. The van der Waals surface area contributed by atoms with Crippen LogP contribution in [-0.4, -0.2) is 21.6 Å². The molecule has 1 aliphatic rings. The molecule has 0 amide bonds. The van der Waals surface area contributed by atoms with Crippen molar-refractivity contribution in [3.63, 3.8) is 0 Å². The molecule has 1 aliphatic heterocycles. The minimum Gasteiger partial charge on any atom is -0.496 e. The fourth-order valence-electron chi connectivity index (χ4n) is 3.21. The second-order valence-electron chi connectivity index (χ2n) is 5.81. The fraction of sp³-hybridized carbons (Fsp3) is 0.333. The smallest absolute Gasteiger partial charge is 0.264 e. The molecule has 0 unspecified atom stereocenters. The maximum absolute atomic E-state index is 13.2. The van der Waals surface area contributed by atoms with Crippen LogP contribution in [0, 0.1) is 0 Å². The second-order valence-corrected chi connectivity index (χ2v) is 7.62. The van der Waals surface area contributed by atoms with E-state index in [1.807, 2.05) is 38.1 Å². The third kappa shape index (κ3) is 2.59. The van der Waals surface area contributed by atoms with Crippen molar-refractivity contribution < 1.29 is 13.2 Å². The molecule has 0 aliphatic carbocycles. The highest BCUT2D eigenvalue weighted by Gasteiger charge is 2.36. The van der Waals surface area contributed by atoms with Crippen LogP contribution >= 0.6 is 0 Å². The summed E-state index contributed by atoms with van der Waals surface area (Å²) in [5.74, 6) is 0.723. The van der Waals surface area contributed by atoms with Crippen LogP contribution in [0.4, 0.5) is 5.69 Å². The van der Waals surface area contributed by atoms with Crippen molar-refractivity contribution in [1.29, 1.82) is 0 Å². The molecule has 122 valence electrons. The van der Waals surface area contributed by atoms with Gasteiger partial charge in [0.2, 0.25) is 0 Å². The van der Waals surface area contributed by atoms with Crippen LogP contribution in [-0.2, 0) is 22.9 Å². The summed E-state index contributed by atoms with van der Waals surface area (Å²) < 4.78 is 33.2. The third-order valence-electron chi connectivity index (χ3n) is 4.33. The number of hydrogen-bond donors (Lipinski definition) is 0. The van der Waals surface area contributed by atoms with Gasteiger partial charge in [-0.25, -0.2) is 8.42 Å². The zero-order chi connectivity index (χ0) is 16.6. The lowest BCUT2D eigenvalue weighted by atomic mass is 10.1. The molecule has 1 atom stereocenters. The zero-order valence-corrected chi connectivity index (χ0v) is 14.4. The average Bonchev–Trinajstić information content (AvgIpc) is 2.90. The van der Waals surface area contributed by atoms with Gasteiger partial charge in [-0.05, 0) is 55.2 Å². The van der Waals surface area contributed by atoms with Crippen LogP contribution in [0.15, 0.2) is 47.4 Å². The standard InChI is InChI=1S/C18H21NO3S/c1-4-14-12-16(9-10-18(14)22-3)23(20,21)19-13(2)11-15-7-5-6-8-17(15)19/h5-10,12-13H,4,11H2,1-3H3/t13-/m1/s1. The second kappa shape index (κ2) is 5.89. The van der Waals surface area contributed by atoms with Crippen LogP contribution < -0.4 is 9.04 Å². The Bertz CT molecular complexity index is 830. The van der Waals surface area contributed by atoms with E-state index in [9.17, 15) is 8.42 Å². The van der Waals surface area contributed by atoms with Crippen LogP contribution in [0.25, 0.3) is 0 Å². The van der Waals surface area contributed by atoms with E-state index >= 15 is 0 Å². The Morgan fingerprint density at radius 3 is 2.65 bits per heavy atom. The van der Waals surface area contributed by atoms with Crippen molar-refractivity contribution >= 4 is 15.7 Å². The molecule has 23 heavy (non-hydrogen) atoms. The van der Waals surface area contributed by atoms with E-state index in [0.717, 1.165) is 35.4 Å². The third-order valence-corrected chi connectivity index (χ3v) is 6.26. The normalized spacial score (nSPS) is 17.2. The molecule has 1 heterocycles. The molecular weight excluding hydrogens is 310 g/mol. The van der Waals surface area contributed by atoms with Gasteiger partial charge in [-0.1, -0.05) is 25.1 Å². The molecule has 0 radical (unpaired) electrons. The Kier molecular flexibility index (Phi) is 4.06. The predicted octanol–water partition coefficient (Wildman–Crippen LogP) is 3.40. The summed E-state index contributed by atoms with van der Waals surface area (Å²) >= 11 is 0. The number of anilines is 1. The Labute approximate surface area is 137 Å². The van der Waals surface area contributed by atoms with Gasteiger partial charge < -0.3 is 4.74 Å². The van der Waals surface area contributed by atoms with Gasteiger partial charge in [0.05, 0.1) is 17.7 Å². The summed E-state index contributed by atoms with van der Waals surface area (Å²) in [7, 11) is -1.98. The maximum atomic E-state index is 13.2. The van der Waals surface area contributed by atoms with E-state index < -0.39 is 10.0 Å². The Morgan fingerprint density at radius 2 is 1.96 bits per heavy atom. The summed E-state index contributed by atoms with van der Waals surface area (Å²) in [5.41, 5.74) is 2.76.